The van der Waals surface area contributed by atoms with Gasteiger partial charge in [-0.3, -0.25) is 4.79 Å². The Bertz CT molecular complexity index is 1170. The molecule has 1 aromatic carbocycles. The molecule has 0 radical (unpaired) electrons. The highest BCUT2D eigenvalue weighted by atomic mass is 16.5. The van der Waals surface area contributed by atoms with Gasteiger partial charge in [0.1, 0.15) is 17.6 Å². The van der Waals surface area contributed by atoms with E-state index in [1.807, 2.05) is 30.3 Å². The lowest BCUT2D eigenvalue weighted by atomic mass is 10.2. The number of amides is 1. The minimum absolute atomic E-state index is 0.162. The topological polar surface area (TPSA) is 114 Å². The average Bonchev–Trinajstić information content (AvgIpc) is 3.30. The Morgan fingerprint density at radius 2 is 1.86 bits per heavy atom. The summed E-state index contributed by atoms with van der Waals surface area (Å²) in [7, 11) is 1.68. The Morgan fingerprint density at radius 3 is 2.60 bits per heavy atom. The molecule has 1 saturated heterocycles. The van der Waals surface area contributed by atoms with Gasteiger partial charge in [-0.2, -0.15) is 4.52 Å². The molecule has 0 aliphatic carbocycles. The van der Waals surface area contributed by atoms with Crippen LogP contribution in [0.5, 0.6) is 5.75 Å². The molecular formula is C24H31N7O4. The molecule has 186 valence electrons. The van der Waals surface area contributed by atoms with Gasteiger partial charge in [0, 0.05) is 50.8 Å². The van der Waals surface area contributed by atoms with E-state index in [1.54, 1.807) is 25.5 Å². The standard InChI is InChI=1S/C24H31N7O4/c1-4-35-24(33)17(2)25-23(32)11-10-21-27-26-20-8-9-22(28-31(20)21)30-14-12-29(13-15-30)18-6-5-7-19(16-18)34-3/h5-9,16-17H,4,10-15H2,1-3H3,(H,25,32). The molecule has 1 N–H and O–H groups in total. The number of carbonyl (C=O) groups is 2. The van der Waals surface area contributed by atoms with Crippen molar-refractivity contribution >= 4 is 29.0 Å². The van der Waals surface area contributed by atoms with Gasteiger partial charge in [-0.25, -0.2) is 4.79 Å². The molecular weight excluding hydrogens is 450 g/mol. The van der Waals surface area contributed by atoms with E-state index in [1.165, 1.54) is 0 Å². The maximum absolute atomic E-state index is 12.3. The molecule has 1 fully saturated rings. The summed E-state index contributed by atoms with van der Waals surface area (Å²) in [5.74, 6) is 1.57. The summed E-state index contributed by atoms with van der Waals surface area (Å²) >= 11 is 0. The minimum Gasteiger partial charge on any atom is -0.497 e. The highest BCUT2D eigenvalue weighted by Gasteiger charge is 2.21. The zero-order valence-electron chi connectivity index (χ0n) is 20.3. The van der Waals surface area contributed by atoms with Crippen LogP contribution < -0.4 is 19.9 Å². The van der Waals surface area contributed by atoms with Crippen LogP contribution in [0.1, 0.15) is 26.1 Å². The van der Waals surface area contributed by atoms with Crippen LogP contribution in [0.15, 0.2) is 36.4 Å². The van der Waals surface area contributed by atoms with Crippen LogP contribution >= 0.6 is 0 Å². The van der Waals surface area contributed by atoms with Crippen LogP contribution in [0.25, 0.3) is 5.65 Å². The first-order chi connectivity index (χ1) is 17.0. The fraction of sp³-hybridized carbons (Fsp3) is 0.458. The number of esters is 1. The number of hydrogen-bond donors (Lipinski definition) is 1. The Labute approximate surface area is 204 Å². The smallest absolute Gasteiger partial charge is 0.328 e. The third-order valence-electron chi connectivity index (χ3n) is 5.93. The number of hydrogen-bond acceptors (Lipinski definition) is 9. The fourth-order valence-corrected chi connectivity index (χ4v) is 4.01. The number of benzene rings is 1. The lowest BCUT2D eigenvalue weighted by molar-refractivity contribution is -0.146. The summed E-state index contributed by atoms with van der Waals surface area (Å²) in [6.45, 7) is 6.97. The number of nitrogens with zero attached hydrogens (tertiary/aromatic N) is 6. The van der Waals surface area contributed by atoms with Crippen molar-refractivity contribution in [2.45, 2.75) is 32.7 Å². The average molecular weight is 482 g/mol. The number of fused-ring (bicyclic) bond motifs is 1. The maximum Gasteiger partial charge on any atom is 0.328 e. The second-order valence-electron chi connectivity index (χ2n) is 8.29. The molecule has 0 bridgehead atoms. The van der Waals surface area contributed by atoms with Crippen LogP contribution in [-0.2, 0) is 20.7 Å². The van der Waals surface area contributed by atoms with Gasteiger partial charge in [0.05, 0.1) is 13.7 Å². The first kappa shape index (κ1) is 24.2. The molecule has 3 heterocycles. The summed E-state index contributed by atoms with van der Waals surface area (Å²) in [4.78, 5) is 28.6. The van der Waals surface area contributed by atoms with Gasteiger partial charge < -0.3 is 24.6 Å². The Kier molecular flexibility index (Phi) is 7.64. The molecule has 0 saturated carbocycles. The lowest BCUT2D eigenvalue weighted by Crippen LogP contribution is -2.47. The fourth-order valence-electron chi connectivity index (χ4n) is 4.01. The third kappa shape index (κ3) is 5.79. The van der Waals surface area contributed by atoms with Crippen molar-refractivity contribution in [3.63, 3.8) is 0 Å². The summed E-state index contributed by atoms with van der Waals surface area (Å²) in [6.07, 6.45) is 0.512. The number of aryl methyl sites for hydroxylation is 1. The van der Waals surface area contributed by atoms with Crippen molar-refractivity contribution in [3.05, 3.63) is 42.2 Å². The molecule has 1 atom stereocenters. The Hall–Kier alpha value is -3.89. The first-order valence-electron chi connectivity index (χ1n) is 11.8. The molecule has 35 heavy (non-hydrogen) atoms. The highest BCUT2D eigenvalue weighted by molar-refractivity contribution is 5.84. The predicted molar refractivity (Wildman–Crippen MR) is 131 cm³/mol. The molecule has 0 spiro atoms. The van der Waals surface area contributed by atoms with E-state index in [4.69, 9.17) is 14.6 Å². The van der Waals surface area contributed by atoms with Crippen LogP contribution in [0.2, 0.25) is 0 Å². The molecule has 11 heteroatoms. The summed E-state index contributed by atoms with van der Waals surface area (Å²) in [6, 6.07) is 11.2. The van der Waals surface area contributed by atoms with Gasteiger partial charge in [0.15, 0.2) is 11.5 Å². The zero-order chi connectivity index (χ0) is 24.8. The number of nitrogens with one attached hydrogen (secondary N) is 1. The molecule has 3 aromatic rings. The van der Waals surface area contributed by atoms with Gasteiger partial charge >= 0.3 is 5.97 Å². The summed E-state index contributed by atoms with van der Waals surface area (Å²) < 4.78 is 12.0. The second kappa shape index (κ2) is 11.0. The first-order valence-corrected chi connectivity index (χ1v) is 11.8. The number of methoxy groups -OCH3 is 1. The Morgan fingerprint density at radius 1 is 1.09 bits per heavy atom. The quantitative estimate of drug-likeness (QED) is 0.454. The maximum atomic E-state index is 12.3. The van der Waals surface area contributed by atoms with Crippen molar-refractivity contribution in [1.29, 1.82) is 0 Å². The van der Waals surface area contributed by atoms with E-state index in [0.29, 0.717) is 17.9 Å². The number of ether oxygens (including phenoxy) is 2. The van der Waals surface area contributed by atoms with Crippen LogP contribution in [-0.4, -0.2) is 77.6 Å². The van der Waals surface area contributed by atoms with Crippen molar-refractivity contribution in [3.8, 4) is 5.75 Å². The lowest BCUT2D eigenvalue weighted by Gasteiger charge is -2.36. The van der Waals surface area contributed by atoms with Crippen LogP contribution in [0.4, 0.5) is 11.5 Å². The number of aromatic nitrogens is 4. The van der Waals surface area contributed by atoms with Gasteiger partial charge in [0.2, 0.25) is 5.91 Å². The predicted octanol–water partition coefficient (Wildman–Crippen LogP) is 1.46. The van der Waals surface area contributed by atoms with Crippen LogP contribution in [0.3, 0.4) is 0 Å². The molecule has 11 nitrogen and oxygen atoms in total. The van der Waals surface area contributed by atoms with E-state index >= 15 is 0 Å². The van der Waals surface area contributed by atoms with Gasteiger partial charge in [-0.15, -0.1) is 15.3 Å². The van der Waals surface area contributed by atoms with E-state index in [-0.39, 0.29) is 18.9 Å². The van der Waals surface area contributed by atoms with Crippen molar-refractivity contribution in [2.75, 3.05) is 49.7 Å². The highest BCUT2D eigenvalue weighted by Crippen LogP contribution is 2.23. The van der Waals surface area contributed by atoms with Crippen molar-refractivity contribution in [1.82, 2.24) is 25.1 Å². The van der Waals surface area contributed by atoms with Crippen molar-refractivity contribution in [2.24, 2.45) is 0 Å². The summed E-state index contributed by atoms with van der Waals surface area (Å²) in [5, 5.41) is 15.8. The number of carbonyl (C=O) groups excluding carboxylic acids is 2. The minimum atomic E-state index is -0.696. The van der Waals surface area contributed by atoms with Crippen molar-refractivity contribution < 1.29 is 19.1 Å². The molecule has 1 aliphatic rings. The zero-order valence-corrected chi connectivity index (χ0v) is 20.3. The number of anilines is 2. The summed E-state index contributed by atoms with van der Waals surface area (Å²) in [5.41, 5.74) is 1.77. The normalized spacial score (nSPS) is 14.6. The molecule has 1 amide bonds. The molecule has 2 aromatic heterocycles. The monoisotopic (exact) mass is 481 g/mol. The van der Waals surface area contributed by atoms with Crippen LogP contribution in [0, 0.1) is 0 Å². The largest absolute Gasteiger partial charge is 0.497 e. The Balaban J connectivity index is 1.37. The molecule has 1 unspecified atom stereocenters. The SMILES string of the molecule is CCOC(=O)C(C)NC(=O)CCc1nnc2ccc(N3CCN(c4cccc(OC)c4)CC3)nn12. The van der Waals surface area contributed by atoms with E-state index in [2.05, 4.69) is 31.4 Å². The molecule has 4 rings (SSSR count). The van der Waals surface area contributed by atoms with Gasteiger partial charge in [-0.1, -0.05) is 6.07 Å². The number of rotatable bonds is 9. The third-order valence-corrected chi connectivity index (χ3v) is 5.93. The van der Waals surface area contributed by atoms with E-state index < -0.39 is 12.0 Å². The van der Waals surface area contributed by atoms with Gasteiger partial charge in [-0.05, 0) is 38.1 Å². The van der Waals surface area contributed by atoms with E-state index in [0.717, 1.165) is 43.4 Å². The van der Waals surface area contributed by atoms with Gasteiger partial charge in [0.25, 0.3) is 0 Å². The van der Waals surface area contributed by atoms with E-state index in [9.17, 15) is 9.59 Å². The molecule has 1 aliphatic heterocycles. The second-order valence-corrected chi connectivity index (χ2v) is 8.29. The number of piperazine rings is 1.